The van der Waals surface area contributed by atoms with E-state index in [4.69, 9.17) is 44.3 Å². The molecular weight excluding hydrogens is 222 g/mol. The van der Waals surface area contributed by atoms with Gasteiger partial charge in [-0.15, -0.1) is 0 Å². The molecule has 1 fully saturated rings. The molecule has 5 heteroatoms. The van der Waals surface area contributed by atoms with Gasteiger partial charge in [-0.25, -0.2) is 0 Å². The van der Waals surface area contributed by atoms with E-state index in [1.54, 1.807) is 0 Å². The first kappa shape index (κ1) is 10.9. The predicted octanol–water partition coefficient (Wildman–Crippen LogP) is 2.90. The van der Waals surface area contributed by atoms with Gasteiger partial charge in [0.2, 0.25) is 10.1 Å². The maximum absolute atomic E-state index is 5.61. The molecule has 12 heavy (non-hydrogen) atoms. The first-order valence-electron chi connectivity index (χ1n) is 3.82. The summed E-state index contributed by atoms with van der Waals surface area (Å²) in [5, 5.41) is 0. The van der Waals surface area contributed by atoms with Gasteiger partial charge in [-0.05, 0) is 13.3 Å². The van der Waals surface area contributed by atoms with Crippen LogP contribution >= 0.6 is 34.8 Å². The van der Waals surface area contributed by atoms with Gasteiger partial charge in [0.15, 0.2) is 0 Å². The molecule has 0 aliphatic carbocycles. The Morgan fingerprint density at radius 3 is 2.08 bits per heavy atom. The highest BCUT2D eigenvalue weighted by atomic mass is 35.6. The second kappa shape index (κ2) is 3.89. The van der Waals surface area contributed by atoms with Gasteiger partial charge < -0.3 is 9.47 Å². The van der Waals surface area contributed by atoms with Crippen molar-refractivity contribution in [3.05, 3.63) is 0 Å². The number of ether oxygens (including phenoxy) is 2. The zero-order valence-corrected chi connectivity index (χ0v) is 9.16. The predicted molar refractivity (Wildman–Crippen MR) is 49.8 cm³/mol. The second-order valence-electron chi connectivity index (χ2n) is 2.80. The minimum atomic E-state index is -1.49. The van der Waals surface area contributed by atoms with Crippen molar-refractivity contribution in [3.63, 3.8) is 0 Å². The van der Waals surface area contributed by atoms with Crippen molar-refractivity contribution in [1.29, 1.82) is 0 Å². The molecule has 0 radical (unpaired) electrons. The number of halogens is 3. The van der Waals surface area contributed by atoms with Crippen molar-refractivity contribution in [2.24, 2.45) is 0 Å². The lowest BCUT2D eigenvalue weighted by Crippen LogP contribution is -2.26. The monoisotopic (exact) mass is 232 g/mol. The third kappa shape index (κ3) is 2.39. The number of hydrogen-bond acceptors (Lipinski definition) is 2. The fourth-order valence-corrected chi connectivity index (χ4v) is 1.48. The van der Waals surface area contributed by atoms with E-state index < -0.39 is 10.1 Å². The molecule has 1 rings (SSSR count). The van der Waals surface area contributed by atoms with Crippen LogP contribution in [0.4, 0.5) is 0 Å². The largest absolute Gasteiger partial charge is 0.343 e. The van der Waals surface area contributed by atoms with Crippen LogP contribution in [0.1, 0.15) is 20.3 Å². The fourth-order valence-electron chi connectivity index (χ4n) is 1.17. The zero-order chi connectivity index (χ0) is 9.35. The van der Waals surface area contributed by atoms with E-state index in [1.807, 2.05) is 13.8 Å². The molecule has 1 aliphatic heterocycles. The van der Waals surface area contributed by atoms with Gasteiger partial charge >= 0.3 is 0 Å². The van der Waals surface area contributed by atoms with E-state index in [0.717, 1.165) is 6.42 Å². The highest BCUT2D eigenvalue weighted by Crippen LogP contribution is 2.38. The van der Waals surface area contributed by atoms with Crippen LogP contribution in [0.15, 0.2) is 0 Å². The summed E-state index contributed by atoms with van der Waals surface area (Å²) in [7, 11) is 0. The molecule has 0 aromatic carbocycles. The third-order valence-electron chi connectivity index (χ3n) is 1.83. The molecule has 72 valence electrons. The fraction of sp³-hybridized carbons (Fsp3) is 1.00. The van der Waals surface area contributed by atoms with Crippen LogP contribution in [0, 0.1) is 0 Å². The molecule has 0 bridgehead atoms. The van der Waals surface area contributed by atoms with Crippen molar-refractivity contribution in [3.8, 4) is 0 Å². The summed E-state index contributed by atoms with van der Waals surface area (Å²) in [4.78, 5) is 0. The summed E-state index contributed by atoms with van der Waals surface area (Å²) in [5.74, 6) is 0. The third-order valence-corrected chi connectivity index (χ3v) is 2.36. The standard InChI is InChI=1S/C7H11Cl3O2/c1-3-5-4(2)11-6(12-5)7(8,9)10/h4-6H,3H2,1-2H3/t4-,5+,6?/m0/s1. The Hall–Kier alpha value is 0.790. The molecule has 1 saturated heterocycles. The van der Waals surface area contributed by atoms with Crippen molar-refractivity contribution < 1.29 is 9.47 Å². The Kier molecular flexibility index (Phi) is 3.52. The zero-order valence-electron chi connectivity index (χ0n) is 6.89. The quantitative estimate of drug-likeness (QED) is 0.649. The first-order chi connectivity index (χ1) is 5.45. The summed E-state index contributed by atoms with van der Waals surface area (Å²) in [6.07, 6.45) is 0.155. The Morgan fingerprint density at radius 1 is 1.25 bits per heavy atom. The minimum absolute atomic E-state index is 0.00405. The SMILES string of the molecule is CC[C@H]1OC(C(Cl)(Cl)Cl)O[C@H]1C. The lowest BCUT2D eigenvalue weighted by atomic mass is 10.2. The van der Waals surface area contributed by atoms with Gasteiger partial charge in [0, 0.05) is 0 Å². The van der Waals surface area contributed by atoms with Gasteiger partial charge in [-0.2, -0.15) is 0 Å². The molecule has 0 aromatic heterocycles. The van der Waals surface area contributed by atoms with E-state index in [9.17, 15) is 0 Å². The summed E-state index contributed by atoms with van der Waals surface area (Å²) in [6, 6.07) is 0. The van der Waals surface area contributed by atoms with Crippen molar-refractivity contribution in [1.82, 2.24) is 0 Å². The minimum Gasteiger partial charge on any atom is -0.343 e. The lowest BCUT2D eigenvalue weighted by Gasteiger charge is -2.17. The number of hydrogen-bond donors (Lipinski definition) is 0. The molecule has 1 heterocycles. The molecule has 0 spiro atoms. The Bertz CT molecular complexity index is 157. The number of alkyl halides is 3. The smallest absolute Gasteiger partial charge is 0.240 e. The van der Waals surface area contributed by atoms with Crippen LogP contribution in [0.25, 0.3) is 0 Å². The van der Waals surface area contributed by atoms with Gasteiger partial charge in [0.25, 0.3) is 0 Å². The van der Waals surface area contributed by atoms with Crippen LogP contribution in [-0.2, 0) is 9.47 Å². The summed E-state index contributed by atoms with van der Waals surface area (Å²) < 4.78 is 9.19. The topological polar surface area (TPSA) is 18.5 Å². The molecule has 1 unspecified atom stereocenters. The molecule has 2 nitrogen and oxygen atoms in total. The molecule has 1 aliphatic rings. The average molecular weight is 234 g/mol. The normalized spacial score (nSPS) is 37.2. The van der Waals surface area contributed by atoms with E-state index in [2.05, 4.69) is 0 Å². The van der Waals surface area contributed by atoms with Crippen molar-refractivity contribution in [2.45, 2.75) is 42.6 Å². The second-order valence-corrected chi connectivity index (χ2v) is 5.17. The number of rotatable bonds is 1. The van der Waals surface area contributed by atoms with Gasteiger partial charge in [0.1, 0.15) is 0 Å². The maximum atomic E-state index is 5.61. The van der Waals surface area contributed by atoms with Crippen LogP contribution < -0.4 is 0 Å². The molecule has 0 N–H and O–H groups in total. The lowest BCUT2D eigenvalue weighted by molar-refractivity contribution is -0.0605. The Morgan fingerprint density at radius 2 is 1.83 bits per heavy atom. The van der Waals surface area contributed by atoms with E-state index in [1.165, 1.54) is 0 Å². The van der Waals surface area contributed by atoms with Crippen LogP contribution in [0.3, 0.4) is 0 Å². The average Bonchev–Trinajstić information content (AvgIpc) is 2.29. The molecule has 0 aromatic rings. The highest BCUT2D eigenvalue weighted by Gasteiger charge is 2.43. The van der Waals surface area contributed by atoms with Crippen molar-refractivity contribution in [2.75, 3.05) is 0 Å². The molecule has 3 atom stereocenters. The Labute approximate surface area is 87.1 Å². The molecular formula is C7H11Cl3O2. The van der Waals surface area contributed by atoms with Crippen molar-refractivity contribution >= 4 is 34.8 Å². The highest BCUT2D eigenvalue weighted by molar-refractivity contribution is 6.67. The maximum Gasteiger partial charge on any atom is 0.240 e. The van der Waals surface area contributed by atoms with Crippen LogP contribution in [-0.4, -0.2) is 22.3 Å². The molecule has 0 saturated carbocycles. The first-order valence-corrected chi connectivity index (χ1v) is 4.96. The van der Waals surface area contributed by atoms with Gasteiger partial charge in [-0.1, -0.05) is 41.7 Å². The van der Waals surface area contributed by atoms with E-state index >= 15 is 0 Å². The summed E-state index contributed by atoms with van der Waals surface area (Å²) in [5.41, 5.74) is 0. The molecule has 0 amide bonds. The van der Waals surface area contributed by atoms with Crippen LogP contribution in [0.5, 0.6) is 0 Å². The van der Waals surface area contributed by atoms with E-state index in [0.29, 0.717) is 0 Å². The van der Waals surface area contributed by atoms with Gasteiger partial charge in [0.05, 0.1) is 12.2 Å². The Balaban J connectivity index is 2.54. The van der Waals surface area contributed by atoms with Crippen LogP contribution in [0.2, 0.25) is 0 Å². The summed E-state index contributed by atoms with van der Waals surface area (Å²) >= 11 is 16.8. The van der Waals surface area contributed by atoms with E-state index in [-0.39, 0.29) is 12.2 Å². The summed E-state index contributed by atoms with van der Waals surface area (Å²) in [6.45, 7) is 3.91. The van der Waals surface area contributed by atoms with Gasteiger partial charge in [-0.3, -0.25) is 0 Å².